The summed E-state index contributed by atoms with van der Waals surface area (Å²) in [4.78, 5) is 11.8. The van der Waals surface area contributed by atoms with E-state index < -0.39 is 4.92 Å². The highest BCUT2D eigenvalue weighted by Gasteiger charge is 2.06. The lowest BCUT2D eigenvalue weighted by Crippen LogP contribution is -1.86. The molecule has 0 amide bonds. The minimum atomic E-state index is -0.437. The number of nitro groups is 1. The quantitative estimate of drug-likeness (QED) is 0.625. The van der Waals surface area contributed by atoms with E-state index in [0.717, 1.165) is 9.79 Å². The summed E-state index contributed by atoms with van der Waals surface area (Å²) in [5.74, 6) is 0. The minimum absolute atomic E-state index is 0.0576. The van der Waals surface area contributed by atoms with Gasteiger partial charge in [-0.25, -0.2) is 0 Å². The van der Waals surface area contributed by atoms with Gasteiger partial charge in [0.25, 0.3) is 5.69 Å². The number of halogens is 1. The van der Waals surface area contributed by atoms with Crippen LogP contribution in [0, 0.1) is 21.4 Å². The Kier molecular flexibility index (Phi) is 4.05. The standard InChI is InChI=1S/C13H7ClN2O2S/c14-13-7-12(4-1-9(13)8-15)19-11-5-2-10(3-6-11)16(17)18/h1-7H. The van der Waals surface area contributed by atoms with Crippen molar-refractivity contribution in [2.45, 2.75) is 9.79 Å². The molecule has 94 valence electrons. The van der Waals surface area contributed by atoms with Crippen molar-refractivity contribution >= 4 is 29.1 Å². The van der Waals surface area contributed by atoms with Crippen LogP contribution in [-0.4, -0.2) is 4.92 Å². The Morgan fingerprint density at radius 1 is 1.16 bits per heavy atom. The Bertz CT molecular complexity index is 665. The highest BCUT2D eigenvalue weighted by molar-refractivity contribution is 7.99. The molecule has 4 nitrogen and oxygen atoms in total. The van der Waals surface area contributed by atoms with Crippen LogP contribution in [0.2, 0.25) is 5.02 Å². The molecule has 2 aromatic rings. The van der Waals surface area contributed by atoms with Crippen LogP contribution in [0.3, 0.4) is 0 Å². The lowest BCUT2D eigenvalue weighted by atomic mass is 10.2. The topological polar surface area (TPSA) is 66.9 Å². The fourth-order valence-corrected chi connectivity index (χ4v) is 2.57. The fourth-order valence-electron chi connectivity index (χ4n) is 1.42. The molecule has 0 aliphatic heterocycles. The first kappa shape index (κ1) is 13.4. The Morgan fingerprint density at radius 3 is 2.32 bits per heavy atom. The van der Waals surface area contributed by atoms with Crippen molar-refractivity contribution in [2.75, 3.05) is 0 Å². The molecule has 0 saturated carbocycles. The molecule has 0 aromatic heterocycles. The van der Waals surface area contributed by atoms with Gasteiger partial charge in [0.1, 0.15) is 6.07 Å². The number of non-ortho nitro benzene ring substituents is 1. The Hall–Kier alpha value is -2.03. The Labute approximate surface area is 118 Å². The van der Waals surface area contributed by atoms with E-state index in [-0.39, 0.29) is 5.69 Å². The molecular weight excluding hydrogens is 284 g/mol. The highest BCUT2D eigenvalue weighted by atomic mass is 35.5. The third kappa shape index (κ3) is 3.25. The predicted octanol–water partition coefficient (Wildman–Crippen LogP) is 4.27. The monoisotopic (exact) mass is 290 g/mol. The molecule has 0 atom stereocenters. The third-order valence-corrected chi connectivity index (χ3v) is 3.65. The number of hydrogen-bond acceptors (Lipinski definition) is 4. The zero-order valence-electron chi connectivity index (χ0n) is 9.54. The molecule has 0 fully saturated rings. The minimum Gasteiger partial charge on any atom is -0.258 e. The molecule has 0 heterocycles. The fraction of sp³-hybridized carbons (Fsp3) is 0. The van der Waals surface area contributed by atoms with Gasteiger partial charge in [-0.1, -0.05) is 23.4 Å². The Morgan fingerprint density at radius 2 is 1.79 bits per heavy atom. The van der Waals surface area contributed by atoms with Gasteiger partial charge in [-0.3, -0.25) is 10.1 Å². The molecule has 0 bridgehead atoms. The number of nitro benzene ring substituents is 1. The predicted molar refractivity (Wildman–Crippen MR) is 73.4 cm³/mol. The molecule has 0 spiro atoms. The number of rotatable bonds is 3. The maximum Gasteiger partial charge on any atom is 0.269 e. The van der Waals surface area contributed by atoms with E-state index in [1.807, 2.05) is 6.07 Å². The van der Waals surface area contributed by atoms with Crippen LogP contribution in [0.5, 0.6) is 0 Å². The molecule has 0 aliphatic carbocycles. The van der Waals surface area contributed by atoms with E-state index in [1.165, 1.54) is 23.9 Å². The van der Waals surface area contributed by atoms with E-state index >= 15 is 0 Å². The maximum absolute atomic E-state index is 10.5. The zero-order chi connectivity index (χ0) is 13.8. The van der Waals surface area contributed by atoms with Gasteiger partial charge in [0.15, 0.2) is 0 Å². The SMILES string of the molecule is N#Cc1ccc(Sc2ccc([N+](=O)[O-])cc2)cc1Cl. The highest BCUT2D eigenvalue weighted by Crippen LogP contribution is 2.31. The average Bonchev–Trinajstić information content (AvgIpc) is 2.39. The van der Waals surface area contributed by atoms with Crippen molar-refractivity contribution < 1.29 is 4.92 Å². The summed E-state index contributed by atoms with van der Waals surface area (Å²) in [5, 5.41) is 19.7. The first-order chi connectivity index (χ1) is 9.10. The summed E-state index contributed by atoms with van der Waals surface area (Å²) < 4.78 is 0. The molecule has 0 radical (unpaired) electrons. The van der Waals surface area contributed by atoms with Crippen LogP contribution in [0.4, 0.5) is 5.69 Å². The summed E-state index contributed by atoms with van der Waals surface area (Å²) in [5.41, 5.74) is 0.483. The van der Waals surface area contributed by atoms with Gasteiger partial charge in [0.05, 0.1) is 15.5 Å². The van der Waals surface area contributed by atoms with Crippen LogP contribution >= 0.6 is 23.4 Å². The van der Waals surface area contributed by atoms with E-state index in [2.05, 4.69) is 0 Å². The smallest absolute Gasteiger partial charge is 0.258 e. The normalized spacial score (nSPS) is 9.89. The number of hydrogen-bond donors (Lipinski definition) is 0. The molecule has 0 N–H and O–H groups in total. The van der Waals surface area contributed by atoms with Crippen molar-refractivity contribution in [1.29, 1.82) is 5.26 Å². The first-order valence-electron chi connectivity index (χ1n) is 5.22. The van der Waals surface area contributed by atoms with Gasteiger partial charge in [-0.2, -0.15) is 5.26 Å². The van der Waals surface area contributed by atoms with Gasteiger partial charge < -0.3 is 0 Å². The summed E-state index contributed by atoms with van der Waals surface area (Å²) >= 11 is 7.36. The number of nitrogens with zero attached hydrogens (tertiary/aromatic N) is 2. The largest absolute Gasteiger partial charge is 0.269 e. The van der Waals surface area contributed by atoms with Gasteiger partial charge in [0, 0.05) is 21.9 Å². The molecule has 6 heteroatoms. The third-order valence-electron chi connectivity index (χ3n) is 2.34. The van der Waals surface area contributed by atoms with Crippen molar-refractivity contribution in [3.63, 3.8) is 0 Å². The second-order valence-corrected chi connectivity index (χ2v) is 5.16. The van der Waals surface area contributed by atoms with Crippen molar-refractivity contribution in [2.24, 2.45) is 0 Å². The molecular formula is C13H7ClN2O2S. The molecule has 0 aliphatic rings. The van der Waals surface area contributed by atoms with E-state index in [9.17, 15) is 10.1 Å². The molecule has 0 saturated heterocycles. The van der Waals surface area contributed by atoms with Gasteiger partial charge in [-0.15, -0.1) is 0 Å². The molecule has 0 unspecified atom stereocenters. The van der Waals surface area contributed by atoms with Crippen LogP contribution in [0.15, 0.2) is 52.3 Å². The van der Waals surface area contributed by atoms with E-state index in [0.29, 0.717) is 10.6 Å². The molecule has 2 aromatic carbocycles. The van der Waals surface area contributed by atoms with Crippen LogP contribution in [0.1, 0.15) is 5.56 Å². The van der Waals surface area contributed by atoms with Crippen LogP contribution in [-0.2, 0) is 0 Å². The second-order valence-electron chi connectivity index (χ2n) is 3.61. The van der Waals surface area contributed by atoms with Gasteiger partial charge in [-0.05, 0) is 30.3 Å². The summed E-state index contributed by atoms with van der Waals surface area (Å²) in [7, 11) is 0. The van der Waals surface area contributed by atoms with Crippen LogP contribution in [0.25, 0.3) is 0 Å². The van der Waals surface area contributed by atoms with E-state index in [1.54, 1.807) is 30.3 Å². The second kappa shape index (κ2) is 5.74. The Balaban J connectivity index is 2.19. The van der Waals surface area contributed by atoms with Crippen molar-refractivity contribution in [3.05, 3.63) is 63.2 Å². The lowest BCUT2D eigenvalue weighted by Gasteiger charge is -2.03. The van der Waals surface area contributed by atoms with Gasteiger partial charge in [0.2, 0.25) is 0 Å². The maximum atomic E-state index is 10.5. The van der Waals surface area contributed by atoms with E-state index in [4.69, 9.17) is 16.9 Å². The number of nitriles is 1. The van der Waals surface area contributed by atoms with Gasteiger partial charge >= 0.3 is 0 Å². The zero-order valence-corrected chi connectivity index (χ0v) is 11.1. The summed E-state index contributed by atoms with van der Waals surface area (Å²) in [6.45, 7) is 0. The molecule has 19 heavy (non-hydrogen) atoms. The van der Waals surface area contributed by atoms with Crippen LogP contribution < -0.4 is 0 Å². The first-order valence-corrected chi connectivity index (χ1v) is 6.41. The average molecular weight is 291 g/mol. The molecule has 2 rings (SSSR count). The number of benzene rings is 2. The summed E-state index contributed by atoms with van der Waals surface area (Å²) in [6.07, 6.45) is 0. The lowest BCUT2D eigenvalue weighted by molar-refractivity contribution is -0.384. The van der Waals surface area contributed by atoms with Crippen molar-refractivity contribution in [1.82, 2.24) is 0 Å². The van der Waals surface area contributed by atoms with Crippen molar-refractivity contribution in [3.8, 4) is 6.07 Å². The summed E-state index contributed by atoms with van der Waals surface area (Å²) in [6, 6.07) is 13.4.